The molecule has 1 unspecified atom stereocenters. The van der Waals surface area contributed by atoms with E-state index in [1.54, 1.807) is 0 Å². The number of esters is 1. The molecule has 0 aliphatic heterocycles. The fraction of sp³-hybridized carbons (Fsp3) is 0.526. The van der Waals surface area contributed by atoms with Gasteiger partial charge in [0.15, 0.2) is 11.9 Å². The zero-order chi connectivity index (χ0) is 25.2. The summed E-state index contributed by atoms with van der Waals surface area (Å²) in [7, 11) is 0. The minimum absolute atomic E-state index is 0.0354. The van der Waals surface area contributed by atoms with Crippen molar-refractivity contribution in [2.45, 2.75) is 36.4 Å². The molecule has 0 heterocycles. The molecule has 0 saturated heterocycles. The Labute approximate surface area is 218 Å². The van der Waals surface area contributed by atoms with Crippen LogP contribution in [0.15, 0.2) is 22.7 Å². The van der Waals surface area contributed by atoms with Crippen molar-refractivity contribution in [2.75, 3.05) is 26.4 Å². The number of rotatable bonds is 13. The fourth-order valence-electron chi connectivity index (χ4n) is 2.23. The van der Waals surface area contributed by atoms with Crippen LogP contribution in [0, 0.1) is 0 Å². The van der Waals surface area contributed by atoms with Crippen molar-refractivity contribution in [3.05, 3.63) is 32.7 Å². The molecule has 0 aliphatic rings. The molecule has 1 atom stereocenters. The van der Waals surface area contributed by atoms with E-state index in [1.807, 2.05) is 0 Å². The van der Waals surface area contributed by atoms with Gasteiger partial charge in [-0.15, -0.1) is 0 Å². The van der Waals surface area contributed by atoms with Gasteiger partial charge in [-0.3, -0.25) is 4.79 Å². The molecule has 5 nitrogen and oxygen atoms in total. The van der Waals surface area contributed by atoms with Gasteiger partial charge in [0.25, 0.3) is 4.33 Å². The van der Waals surface area contributed by atoms with Crippen molar-refractivity contribution in [3.8, 4) is 11.5 Å². The molecule has 14 heteroatoms. The summed E-state index contributed by atoms with van der Waals surface area (Å²) in [5.74, 6) is -0.351. The first-order valence-corrected chi connectivity index (χ1v) is 11.5. The van der Waals surface area contributed by atoms with Crippen LogP contribution in [0.2, 0.25) is 10.0 Å². The van der Waals surface area contributed by atoms with Gasteiger partial charge >= 0.3 is 12.1 Å². The average Bonchev–Trinajstić information content (AvgIpc) is 2.66. The summed E-state index contributed by atoms with van der Waals surface area (Å²) < 4.78 is 56.4. The van der Waals surface area contributed by atoms with E-state index in [0.29, 0.717) is 18.6 Å². The summed E-state index contributed by atoms with van der Waals surface area (Å²) in [4.78, 5) is 11.1. The third-order valence-electron chi connectivity index (χ3n) is 3.75. The summed E-state index contributed by atoms with van der Waals surface area (Å²) in [6.45, 7) is 0.638. The van der Waals surface area contributed by atoms with E-state index in [9.17, 15) is 18.0 Å². The molecule has 0 aromatic heterocycles. The lowest BCUT2D eigenvalue weighted by atomic mass is 10.2. The number of halogens is 9. The Morgan fingerprint density at radius 1 is 1.06 bits per heavy atom. The fourth-order valence-corrected chi connectivity index (χ4v) is 3.14. The zero-order valence-electron chi connectivity index (χ0n) is 17.0. The number of hydrogen-bond donors (Lipinski definition) is 0. The second-order valence-corrected chi connectivity index (χ2v) is 9.58. The van der Waals surface area contributed by atoms with E-state index >= 15 is 0 Å². The van der Waals surface area contributed by atoms with Crippen LogP contribution in [0.5, 0.6) is 11.5 Å². The van der Waals surface area contributed by atoms with Crippen LogP contribution in [0.25, 0.3) is 0 Å². The number of alkyl halides is 5. The van der Waals surface area contributed by atoms with E-state index in [-0.39, 0.29) is 40.1 Å². The molecule has 0 amide bonds. The smallest absolute Gasteiger partial charge is 0.425 e. The number of unbranched alkanes of at least 4 members (excludes halogenated alkanes) is 1. The van der Waals surface area contributed by atoms with Crippen LogP contribution in [-0.4, -0.2) is 49.0 Å². The summed E-state index contributed by atoms with van der Waals surface area (Å²) in [5.41, 5.74) is 0. The van der Waals surface area contributed by atoms with E-state index in [2.05, 4.69) is 4.74 Å². The molecule has 0 bridgehead atoms. The first-order valence-electron chi connectivity index (χ1n) is 9.21. The van der Waals surface area contributed by atoms with Crippen molar-refractivity contribution < 1.29 is 36.9 Å². The maximum Gasteiger partial charge on any atom is 0.425 e. The van der Waals surface area contributed by atoms with Crippen LogP contribution < -0.4 is 9.47 Å². The molecule has 188 valence electrons. The topological polar surface area (TPSA) is 54.0 Å². The predicted molar refractivity (Wildman–Crippen MR) is 123 cm³/mol. The molecule has 0 fully saturated rings. The van der Waals surface area contributed by atoms with Crippen molar-refractivity contribution in [3.63, 3.8) is 0 Å². The Hall–Kier alpha value is -0.480. The number of hydrogen-bond acceptors (Lipinski definition) is 5. The van der Waals surface area contributed by atoms with Crippen molar-refractivity contribution in [2.24, 2.45) is 0 Å². The summed E-state index contributed by atoms with van der Waals surface area (Å²) >= 11 is 34.0. The Kier molecular flexibility index (Phi) is 13.1. The number of ether oxygens (including phenoxy) is 4. The van der Waals surface area contributed by atoms with Crippen LogP contribution in [0.3, 0.4) is 0 Å². The van der Waals surface area contributed by atoms with Gasteiger partial charge in [-0.1, -0.05) is 69.6 Å². The van der Waals surface area contributed by atoms with Crippen LogP contribution >= 0.6 is 69.6 Å². The molecule has 1 aromatic rings. The van der Waals surface area contributed by atoms with Gasteiger partial charge in [0.1, 0.15) is 16.8 Å². The largest absolute Gasteiger partial charge is 0.490 e. The number of benzene rings is 1. The van der Waals surface area contributed by atoms with Gasteiger partial charge in [0.05, 0.1) is 23.3 Å². The molecular formula is C19H19Cl6F3O5. The average molecular weight is 597 g/mol. The summed E-state index contributed by atoms with van der Waals surface area (Å²) in [6, 6.07) is 3.00. The minimum atomic E-state index is -5.03. The first kappa shape index (κ1) is 30.6. The van der Waals surface area contributed by atoms with E-state index in [0.717, 1.165) is 6.92 Å². The second kappa shape index (κ2) is 14.2. The molecular weight excluding hydrogens is 578 g/mol. The molecule has 0 spiro atoms. The van der Waals surface area contributed by atoms with E-state index in [1.165, 1.54) is 18.2 Å². The minimum Gasteiger partial charge on any atom is -0.490 e. The van der Waals surface area contributed by atoms with Gasteiger partial charge in [0, 0.05) is 25.7 Å². The van der Waals surface area contributed by atoms with Gasteiger partial charge in [-0.05, 0) is 18.9 Å². The van der Waals surface area contributed by atoms with Crippen molar-refractivity contribution in [1.82, 2.24) is 0 Å². The highest BCUT2D eigenvalue weighted by atomic mass is 35.5. The normalized spacial score (nSPS) is 12.8. The molecule has 33 heavy (non-hydrogen) atoms. The molecule has 1 aromatic carbocycles. The van der Waals surface area contributed by atoms with E-state index in [4.69, 9.17) is 83.8 Å². The zero-order valence-corrected chi connectivity index (χ0v) is 21.5. The maximum atomic E-state index is 13.0. The summed E-state index contributed by atoms with van der Waals surface area (Å²) in [5, 5.41) is 0.429. The van der Waals surface area contributed by atoms with Crippen LogP contribution in [0.1, 0.15) is 19.8 Å². The first-order chi connectivity index (χ1) is 15.3. The summed E-state index contributed by atoms with van der Waals surface area (Å²) in [6.07, 6.45) is -4.66. The Balaban J connectivity index is 2.46. The molecule has 0 aliphatic carbocycles. The van der Waals surface area contributed by atoms with Crippen LogP contribution in [-0.2, 0) is 14.3 Å². The molecule has 1 rings (SSSR count). The molecule has 0 saturated carbocycles. The predicted octanol–water partition coefficient (Wildman–Crippen LogP) is 7.53. The third kappa shape index (κ3) is 10.8. The monoisotopic (exact) mass is 594 g/mol. The highest BCUT2D eigenvalue weighted by molar-refractivity contribution is 6.55. The Morgan fingerprint density at radius 2 is 1.64 bits per heavy atom. The SMILES string of the molecule is CC(=O)OC(COCCCCOc1c(Cl)cc(OCC=C(Cl)Cl)cc1Cl)C(Cl)(Cl)C(F)(F)F. The third-order valence-corrected chi connectivity index (χ3v) is 5.53. The lowest BCUT2D eigenvalue weighted by Crippen LogP contribution is -2.49. The standard InChI is InChI=1S/C19H19Cl6F3O5/c1-11(29)33-15(18(24,25)19(26,27)28)10-30-5-2-3-6-32-17-13(20)8-12(9-14(17)21)31-7-4-16(22)23/h4,8-9,15H,2-3,5-7,10H2,1H3. The highest BCUT2D eigenvalue weighted by Crippen LogP contribution is 2.44. The van der Waals surface area contributed by atoms with Crippen LogP contribution in [0.4, 0.5) is 13.2 Å². The van der Waals surface area contributed by atoms with Crippen molar-refractivity contribution >= 4 is 75.6 Å². The lowest BCUT2D eigenvalue weighted by molar-refractivity contribution is -0.183. The quantitative estimate of drug-likeness (QED) is 0.134. The van der Waals surface area contributed by atoms with E-state index < -0.39 is 29.2 Å². The number of carbonyl (C=O) groups excluding carboxylic acids is 1. The van der Waals surface area contributed by atoms with Gasteiger partial charge in [-0.2, -0.15) is 13.2 Å². The maximum absolute atomic E-state index is 13.0. The van der Waals surface area contributed by atoms with Gasteiger partial charge in [-0.25, -0.2) is 0 Å². The van der Waals surface area contributed by atoms with Gasteiger partial charge < -0.3 is 18.9 Å². The van der Waals surface area contributed by atoms with Crippen molar-refractivity contribution in [1.29, 1.82) is 0 Å². The number of carbonyl (C=O) groups is 1. The highest BCUT2D eigenvalue weighted by Gasteiger charge is 2.59. The second-order valence-electron chi connectivity index (χ2n) is 6.37. The Morgan fingerprint density at radius 3 is 2.15 bits per heavy atom. The van der Waals surface area contributed by atoms with Gasteiger partial charge in [0.2, 0.25) is 0 Å². The lowest BCUT2D eigenvalue weighted by Gasteiger charge is -2.30. The molecule has 0 radical (unpaired) electrons. The molecule has 0 N–H and O–H groups in total. The Bertz CT molecular complexity index is 793.